The summed E-state index contributed by atoms with van der Waals surface area (Å²) >= 11 is 13.3. The molecule has 1 aliphatic heterocycles. The number of carbonyl (C=O) groups is 1. The highest BCUT2D eigenvalue weighted by molar-refractivity contribution is 8.15. The molecule has 0 bridgehead atoms. The van der Waals surface area contributed by atoms with Crippen LogP contribution < -0.4 is 10.1 Å². The van der Waals surface area contributed by atoms with Gasteiger partial charge in [0.25, 0.3) is 0 Å². The molecule has 5 nitrogen and oxygen atoms in total. The smallest absolute Gasteiger partial charge is 0.239 e. The molecule has 2 aromatic rings. The first-order chi connectivity index (χ1) is 13.1. The van der Waals surface area contributed by atoms with E-state index in [-0.39, 0.29) is 11.2 Å². The zero-order valence-electron chi connectivity index (χ0n) is 14.5. The van der Waals surface area contributed by atoms with Gasteiger partial charge in [0.05, 0.1) is 28.1 Å². The number of para-hydroxylation sites is 1. The average Bonchev–Trinajstić information content (AvgIpc) is 2.99. The van der Waals surface area contributed by atoms with Crippen LogP contribution in [0.4, 0.5) is 0 Å². The lowest BCUT2D eigenvalue weighted by molar-refractivity contribution is -0.118. The van der Waals surface area contributed by atoms with E-state index in [0.29, 0.717) is 28.2 Å². The summed E-state index contributed by atoms with van der Waals surface area (Å²) in [7, 11) is 0. The third kappa shape index (κ3) is 5.25. The summed E-state index contributed by atoms with van der Waals surface area (Å²) in [6, 6.07) is 12.9. The van der Waals surface area contributed by atoms with Crippen LogP contribution in [0.25, 0.3) is 0 Å². The first-order valence-corrected chi connectivity index (χ1v) is 9.94. The molecule has 140 valence electrons. The van der Waals surface area contributed by atoms with E-state index in [1.165, 1.54) is 11.8 Å². The van der Waals surface area contributed by atoms with Gasteiger partial charge in [-0.15, -0.1) is 5.10 Å². The molecule has 2 aromatic carbocycles. The van der Waals surface area contributed by atoms with Crippen molar-refractivity contribution < 1.29 is 9.53 Å². The maximum absolute atomic E-state index is 12.2. The van der Waals surface area contributed by atoms with E-state index >= 15 is 0 Å². The van der Waals surface area contributed by atoms with E-state index in [2.05, 4.69) is 15.5 Å². The molecule has 1 amide bonds. The molecule has 1 saturated heterocycles. The number of halogens is 2. The lowest BCUT2D eigenvalue weighted by Gasteiger charge is -2.06. The van der Waals surface area contributed by atoms with Gasteiger partial charge in [0.2, 0.25) is 5.91 Å². The monoisotopic (exact) mass is 421 g/mol. The molecule has 1 unspecified atom stereocenters. The van der Waals surface area contributed by atoms with Crippen molar-refractivity contribution in [2.75, 3.05) is 6.61 Å². The number of ether oxygens (including phenoxy) is 1. The number of carbonyl (C=O) groups excluding carboxylic acids is 1. The number of thioether (sulfide) groups is 1. The van der Waals surface area contributed by atoms with Crippen LogP contribution in [0.5, 0.6) is 5.75 Å². The average molecular weight is 422 g/mol. The fourth-order valence-corrected chi connectivity index (χ4v) is 3.77. The Hall–Kier alpha value is -2.02. The molecular formula is C19H17Cl2N3O2S. The normalized spacial score (nSPS) is 18.3. The molecule has 1 fully saturated rings. The maximum Gasteiger partial charge on any atom is 0.239 e. The Morgan fingerprint density at radius 2 is 2.04 bits per heavy atom. The van der Waals surface area contributed by atoms with Gasteiger partial charge in [0, 0.05) is 5.56 Å². The van der Waals surface area contributed by atoms with Gasteiger partial charge in [-0.25, -0.2) is 0 Å². The quantitative estimate of drug-likeness (QED) is 0.549. The molecule has 1 atom stereocenters. The fourth-order valence-electron chi connectivity index (χ4n) is 2.48. The zero-order valence-corrected chi connectivity index (χ0v) is 16.8. The van der Waals surface area contributed by atoms with Gasteiger partial charge in [-0.05, 0) is 43.2 Å². The van der Waals surface area contributed by atoms with Crippen molar-refractivity contribution in [1.82, 2.24) is 5.32 Å². The minimum Gasteiger partial charge on any atom is -0.493 e. The van der Waals surface area contributed by atoms with E-state index in [0.717, 1.165) is 16.9 Å². The van der Waals surface area contributed by atoms with Crippen molar-refractivity contribution in [2.45, 2.75) is 18.6 Å². The van der Waals surface area contributed by atoms with Gasteiger partial charge in [0.1, 0.15) is 5.75 Å². The number of nitrogens with zero attached hydrogens (tertiary/aromatic N) is 2. The van der Waals surface area contributed by atoms with Crippen molar-refractivity contribution in [3.8, 4) is 5.75 Å². The number of amides is 1. The molecule has 0 saturated carbocycles. The van der Waals surface area contributed by atoms with Gasteiger partial charge < -0.3 is 10.1 Å². The highest BCUT2D eigenvalue weighted by Gasteiger charge is 2.30. The van der Waals surface area contributed by atoms with Crippen LogP contribution in [0.3, 0.4) is 0 Å². The van der Waals surface area contributed by atoms with Crippen LogP contribution in [0.2, 0.25) is 10.0 Å². The van der Waals surface area contributed by atoms with E-state index in [1.54, 1.807) is 18.3 Å². The summed E-state index contributed by atoms with van der Waals surface area (Å²) in [4.78, 5) is 12.2. The minimum atomic E-state index is -0.285. The summed E-state index contributed by atoms with van der Waals surface area (Å²) < 4.78 is 5.54. The van der Waals surface area contributed by atoms with Crippen LogP contribution in [0, 0.1) is 0 Å². The number of hydrogen-bond donors (Lipinski definition) is 1. The van der Waals surface area contributed by atoms with Crippen LogP contribution in [-0.2, 0) is 11.2 Å². The molecule has 0 spiro atoms. The van der Waals surface area contributed by atoms with Crippen LogP contribution in [0.15, 0.2) is 52.7 Å². The second-order valence-electron chi connectivity index (χ2n) is 5.67. The lowest BCUT2D eigenvalue weighted by atomic mass is 10.1. The molecule has 0 radical (unpaired) electrons. The standard InChI is InChI=1S/C19H17Cl2N3O2S/c1-2-26-16-6-4-3-5-13(16)11-22-24-19-23-18(25)17(27-19)10-12-7-8-14(20)15(21)9-12/h3-9,11,17H,2,10H2,1H3,(H,23,24,25)/b22-11+. The van der Waals surface area contributed by atoms with Crippen LogP contribution in [0.1, 0.15) is 18.1 Å². The summed E-state index contributed by atoms with van der Waals surface area (Å²) in [5.74, 6) is 0.638. The summed E-state index contributed by atoms with van der Waals surface area (Å²) in [6.07, 6.45) is 2.14. The third-order valence-electron chi connectivity index (χ3n) is 3.75. The van der Waals surface area contributed by atoms with E-state index in [1.807, 2.05) is 37.3 Å². The fraction of sp³-hybridized carbons (Fsp3) is 0.211. The highest BCUT2D eigenvalue weighted by atomic mass is 35.5. The molecule has 3 rings (SSSR count). The predicted molar refractivity (Wildman–Crippen MR) is 112 cm³/mol. The van der Waals surface area contributed by atoms with Gasteiger partial charge in [-0.3, -0.25) is 4.79 Å². The Kier molecular flexibility index (Phi) is 6.77. The molecule has 8 heteroatoms. The SMILES string of the molecule is CCOc1ccccc1/C=N/N=C1\NC(=O)C(Cc2ccc(Cl)c(Cl)c2)S1. The van der Waals surface area contributed by atoms with Crippen LogP contribution in [-0.4, -0.2) is 29.1 Å². The topological polar surface area (TPSA) is 63.1 Å². The first kappa shape index (κ1) is 19.7. The second-order valence-corrected chi connectivity index (χ2v) is 7.67. The van der Waals surface area contributed by atoms with Crippen molar-refractivity contribution in [2.24, 2.45) is 10.2 Å². The van der Waals surface area contributed by atoms with E-state index < -0.39 is 0 Å². The number of amidine groups is 1. The number of nitrogens with one attached hydrogen (secondary N) is 1. The molecule has 1 N–H and O–H groups in total. The summed E-state index contributed by atoms with van der Waals surface area (Å²) in [6.45, 7) is 2.49. The second kappa shape index (κ2) is 9.26. The Labute approximate surface area is 171 Å². The largest absolute Gasteiger partial charge is 0.493 e. The minimum absolute atomic E-state index is 0.102. The van der Waals surface area contributed by atoms with Crippen LogP contribution >= 0.6 is 35.0 Å². The molecular weight excluding hydrogens is 405 g/mol. The predicted octanol–water partition coefficient (Wildman–Crippen LogP) is 4.56. The number of benzene rings is 2. The molecule has 27 heavy (non-hydrogen) atoms. The van der Waals surface area contributed by atoms with Crippen molar-refractivity contribution >= 4 is 52.3 Å². The van der Waals surface area contributed by atoms with E-state index in [4.69, 9.17) is 27.9 Å². The summed E-state index contributed by atoms with van der Waals surface area (Å²) in [5, 5.41) is 12.1. The number of rotatable bonds is 6. The van der Waals surface area contributed by atoms with E-state index in [9.17, 15) is 4.79 Å². The Morgan fingerprint density at radius 3 is 2.81 bits per heavy atom. The molecule has 0 aliphatic carbocycles. The van der Waals surface area contributed by atoms with Gasteiger partial charge in [0.15, 0.2) is 5.17 Å². The molecule has 1 heterocycles. The summed E-state index contributed by atoms with van der Waals surface area (Å²) in [5.41, 5.74) is 1.76. The van der Waals surface area contributed by atoms with Gasteiger partial charge >= 0.3 is 0 Å². The maximum atomic E-state index is 12.2. The molecule has 0 aromatic heterocycles. The highest BCUT2D eigenvalue weighted by Crippen LogP contribution is 2.27. The van der Waals surface area contributed by atoms with Crippen molar-refractivity contribution in [3.05, 3.63) is 63.6 Å². The van der Waals surface area contributed by atoms with Crippen molar-refractivity contribution in [1.29, 1.82) is 0 Å². The molecule has 1 aliphatic rings. The first-order valence-electron chi connectivity index (χ1n) is 8.31. The van der Waals surface area contributed by atoms with Crippen molar-refractivity contribution in [3.63, 3.8) is 0 Å². The Bertz CT molecular complexity index is 902. The zero-order chi connectivity index (χ0) is 19.2. The van der Waals surface area contributed by atoms with Gasteiger partial charge in [-0.2, -0.15) is 5.10 Å². The number of hydrogen-bond acceptors (Lipinski definition) is 5. The van der Waals surface area contributed by atoms with Gasteiger partial charge in [-0.1, -0.05) is 53.2 Å². The lowest BCUT2D eigenvalue weighted by Crippen LogP contribution is -2.25. The Balaban J connectivity index is 1.65. The third-order valence-corrected chi connectivity index (χ3v) is 5.56. The Morgan fingerprint density at radius 1 is 1.22 bits per heavy atom.